The lowest BCUT2D eigenvalue weighted by Gasteiger charge is -2.31. The normalized spacial score (nSPS) is 29.6. The molecule has 1 aliphatic heterocycles. The highest BCUT2D eigenvalue weighted by molar-refractivity contribution is 5.69. The van der Waals surface area contributed by atoms with Crippen LogP contribution in [-0.2, 0) is 0 Å². The Kier molecular flexibility index (Phi) is 4.41. The van der Waals surface area contributed by atoms with Crippen LogP contribution in [0.25, 0.3) is 11.3 Å². The molecule has 2 saturated carbocycles. The van der Waals surface area contributed by atoms with Crippen molar-refractivity contribution in [3.8, 4) is 23.2 Å². The molecule has 0 radical (unpaired) electrons. The number of aromatic amines is 1. The quantitative estimate of drug-likeness (QED) is 0.651. The molecule has 3 N–H and O–H groups in total. The molecule has 4 aliphatic rings. The van der Waals surface area contributed by atoms with E-state index in [-0.39, 0.29) is 11.8 Å². The number of nitrogens with zero attached hydrogens (tertiary/aromatic N) is 2. The number of ether oxygens (including phenoxy) is 1. The second kappa shape index (κ2) is 7.30. The number of nitrogens with two attached hydrogens (primary N) is 1. The van der Waals surface area contributed by atoms with E-state index in [2.05, 4.69) is 52.7 Å². The van der Waals surface area contributed by atoms with Crippen molar-refractivity contribution < 1.29 is 4.74 Å². The standard InChI is InChI=1S/C26H28N4O/c27-14-21-22(20-13-15-6-7-19(20)12-15)23-24(29-30-26(23)31-25(21)28)18-10-8-17(9-11-18)16-4-2-1-3-5-16/h6-11,15-16,19-20,22H,1-5,12-13,28H2,(H,29,30)/t15-,19-,20-,22-/m0/s1. The molecule has 5 nitrogen and oxygen atoms in total. The third-order valence-corrected chi connectivity index (χ3v) is 8.02. The van der Waals surface area contributed by atoms with Gasteiger partial charge in [-0.3, -0.25) is 5.10 Å². The number of allylic oxidation sites excluding steroid dienone is 3. The topological polar surface area (TPSA) is 87.7 Å². The summed E-state index contributed by atoms with van der Waals surface area (Å²) in [5, 5.41) is 17.6. The zero-order valence-corrected chi connectivity index (χ0v) is 17.7. The molecule has 1 aromatic heterocycles. The fraction of sp³-hybridized carbons (Fsp3) is 0.462. The van der Waals surface area contributed by atoms with E-state index >= 15 is 0 Å². The van der Waals surface area contributed by atoms with Gasteiger partial charge in [-0.05, 0) is 60.5 Å². The van der Waals surface area contributed by atoms with E-state index in [0.29, 0.717) is 35.1 Å². The van der Waals surface area contributed by atoms with Crippen molar-refractivity contribution in [2.75, 3.05) is 0 Å². The van der Waals surface area contributed by atoms with Crippen molar-refractivity contribution in [1.82, 2.24) is 10.2 Å². The summed E-state index contributed by atoms with van der Waals surface area (Å²) in [5.41, 5.74) is 11.2. The van der Waals surface area contributed by atoms with Gasteiger partial charge < -0.3 is 10.5 Å². The Morgan fingerprint density at radius 3 is 2.55 bits per heavy atom. The molecule has 2 fully saturated rings. The molecule has 6 rings (SSSR count). The number of aromatic nitrogens is 2. The Labute approximate surface area is 183 Å². The summed E-state index contributed by atoms with van der Waals surface area (Å²) in [6.45, 7) is 0. The summed E-state index contributed by atoms with van der Waals surface area (Å²) in [6.07, 6.45) is 13.6. The summed E-state index contributed by atoms with van der Waals surface area (Å²) in [4.78, 5) is 0. The fourth-order valence-corrected chi connectivity index (χ4v) is 6.49. The van der Waals surface area contributed by atoms with Crippen molar-refractivity contribution >= 4 is 0 Å². The number of nitrogens with one attached hydrogen (secondary N) is 1. The van der Waals surface area contributed by atoms with Gasteiger partial charge in [-0.1, -0.05) is 55.7 Å². The van der Waals surface area contributed by atoms with Gasteiger partial charge in [-0.15, -0.1) is 5.10 Å². The average Bonchev–Trinajstić information content (AvgIpc) is 3.55. The summed E-state index contributed by atoms with van der Waals surface area (Å²) in [7, 11) is 0. The second-order valence-corrected chi connectivity index (χ2v) is 9.69. The summed E-state index contributed by atoms with van der Waals surface area (Å²) < 4.78 is 5.80. The molecule has 4 atom stereocenters. The Hall–Kier alpha value is -3.00. The molecule has 5 heteroatoms. The number of nitriles is 1. The van der Waals surface area contributed by atoms with Gasteiger partial charge in [0.15, 0.2) is 0 Å². The Bertz CT molecular complexity index is 1100. The van der Waals surface area contributed by atoms with Crippen molar-refractivity contribution in [2.24, 2.45) is 23.5 Å². The highest BCUT2D eigenvalue weighted by Crippen LogP contribution is 2.55. The SMILES string of the molecule is N#CC1=C(N)Oc2n[nH]c(-c3ccc(C4CCCCC4)cc3)c2[C@H]1[C@H]1C[C@H]2C=C[C@H]1C2. The average molecular weight is 413 g/mol. The summed E-state index contributed by atoms with van der Waals surface area (Å²) in [6, 6.07) is 11.3. The van der Waals surface area contributed by atoms with E-state index in [1.54, 1.807) is 0 Å². The van der Waals surface area contributed by atoms with E-state index in [4.69, 9.17) is 10.5 Å². The van der Waals surface area contributed by atoms with Gasteiger partial charge in [-0.2, -0.15) is 5.26 Å². The minimum absolute atomic E-state index is 0.0690. The second-order valence-electron chi connectivity index (χ2n) is 9.69. The van der Waals surface area contributed by atoms with Crippen molar-refractivity contribution in [1.29, 1.82) is 5.26 Å². The van der Waals surface area contributed by atoms with Gasteiger partial charge in [0.1, 0.15) is 6.07 Å². The maximum absolute atomic E-state index is 9.95. The largest absolute Gasteiger partial charge is 0.420 e. The minimum Gasteiger partial charge on any atom is -0.420 e. The number of benzene rings is 1. The molecule has 1 aromatic carbocycles. The molecular weight excluding hydrogens is 384 g/mol. The molecule has 31 heavy (non-hydrogen) atoms. The van der Waals surface area contributed by atoms with Crippen LogP contribution in [0.3, 0.4) is 0 Å². The summed E-state index contributed by atoms with van der Waals surface area (Å²) in [5.74, 6) is 2.82. The van der Waals surface area contributed by atoms with Crippen LogP contribution in [0.1, 0.15) is 67.9 Å². The van der Waals surface area contributed by atoms with Crippen LogP contribution in [0.15, 0.2) is 47.9 Å². The number of rotatable bonds is 3. The van der Waals surface area contributed by atoms with E-state index in [9.17, 15) is 5.26 Å². The first-order valence-electron chi connectivity index (χ1n) is 11.7. The van der Waals surface area contributed by atoms with Crippen LogP contribution in [0, 0.1) is 29.1 Å². The molecule has 158 valence electrons. The van der Waals surface area contributed by atoms with Crippen molar-refractivity contribution in [3.63, 3.8) is 0 Å². The van der Waals surface area contributed by atoms with Crippen LogP contribution in [0.4, 0.5) is 0 Å². The number of H-pyrrole nitrogens is 1. The molecule has 3 aliphatic carbocycles. The fourth-order valence-electron chi connectivity index (χ4n) is 6.49. The van der Waals surface area contributed by atoms with Crippen molar-refractivity contribution in [2.45, 2.75) is 56.8 Å². The summed E-state index contributed by atoms with van der Waals surface area (Å²) >= 11 is 0. The smallest absolute Gasteiger partial charge is 0.244 e. The number of fused-ring (bicyclic) bond motifs is 3. The Morgan fingerprint density at radius 2 is 1.87 bits per heavy atom. The zero-order valence-electron chi connectivity index (χ0n) is 17.7. The predicted octanol–water partition coefficient (Wildman–Crippen LogP) is 5.51. The number of hydrogen-bond donors (Lipinski definition) is 2. The van der Waals surface area contributed by atoms with Crippen LogP contribution in [0.2, 0.25) is 0 Å². The maximum Gasteiger partial charge on any atom is 0.244 e. The zero-order chi connectivity index (χ0) is 20.9. The third-order valence-electron chi connectivity index (χ3n) is 8.02. The molecule has 2 bridgehead atoms. The molecule has 0 amide bonds. The molecule has 0 unspecified atom stereocenters. The van der Waals surface area contributed by atoms with Crippen LogP contribution in [-0.4, -0.2) is 10.2 Å². The lowest BCUT2D eigenvalue weighted by atomic mass is 9.73. The van der Waals surface area contributed by atoms with Gasteiger partial charge >= 0.3 is 0 Å². The van der Waals surface area contributed by atoms with Gasteiger partial charge in [0.2, 0.25) is 11.8 Å². The first-order valence-corrected chi connectivity index (χ1v) is 11.7. The highest BCUT2D eigenvalue weighted by Gasteiger charge is 2.46. The Balaban J connectivity index is 1.39. The third kappa shape index (κ3) is 3.00. The van der Waals surface area contributed by atoms with Gasteiger partial charge in [-0.25, -0.2) is 0 Å². The highest BCUT2D eigenvalue weighted by atomic mass is 16.5. The van der Waals surface area contributed by atoms with E-state index < -0.39 is 0 Å². The van der Waals surface area contributed by atoms with Gasteiger partial charge in [0.25, 0.3) is 0 Å². The van der Waals surface area contributed by atoms with E-state index in [0.717, 1.165) is 23.2 Å². The van der Waals surface area contributed by atoms with E-state index in [1.165, 1.54) is 44.1 Å². The van der Waals surface area contributed by atoms with Crippen LogP contribution in [0.5, 0.6) is 5.88 Å². The predicted molar refractivity (Wildman–Crippen MR) is 119 cm³/mol. The Morgan fingerprint density at radius 1 is 1.06 bits per heavy atom. The number of hydrogen-bond acceptors (Lipinski definition) is 4. The first kappa shape index (κ1) is 18.7. The van der Waals surface area contributed by atoms with E-state index in [1.807, 2.05) is 0 Å². The van der Waals surface area contributed by atoms with Crippen molar-refractivity contribution in [3.05, 3.63) is 59.0 Å². The molecule has 2 heterocycles. The maximum atomic E-state index is 9.95. The molecular formula is C26H28N4O. The van der Waals surface area contributed by atoms with Crippen LogP contribution < -0.4 is 10.5 Å². The lowest BCUT2D eigenvalue weighted by molar-refractivity contribution is 0.330. The van der Waals surface area contributed by atoms with Gasteiger partial charge in [0.05, 0.1) is 16.8 Å². The monoisotopic (exact) mass is 412 g/mol. The minimum atomic E-state index is -0.0690. The molecule has 0 saturated heterocycles. The molecule has 0 spiro atoms. The van der Waals surface area contributed by atoms with Gasteiger partial charge in [0, 0.05) is 5.92 Å². The first-order chi connectivity index (χ1) is 15.2. The van der Waals surface area contributed by atoms with Crippen LogP contribution >= 0.6 is 0 Å². The lowest BCUT2D eigenvalue weighted by Crippen LogP contribution is -2.27. The molecule has 2 aromatic rings.